The number of benzene rings is 1. The van der Waals surface area contributed by atoms with Crippen LogP contribution in [0.1, 0.15) is 46.5 Å². The van der Waals surface area contributed by atoms with Crippen molar-refractivity contribution in [2.75, 3.05) is 11.9 Å². The Morgan fingerprint density at radius 2 is 1.74 bits per heavy atom. The lowest BCUT2D eigenvalue weighted by Crippen LogP contribution is -2.42. The molecule has 27 heavy (non-hydrogen) atoms. The van der Waals surface area contributed by atoms with Crippen molar-refractivity contribution >= 4 is 16.0 Å². The Kier molecular flexibility index (Phi) is 5.86. The van der Waals surface area contributed by atoms with Gasteiger partial charge in [-0.1, -0.05) is 23.3 Å². The Labute approximate surface area is 161 Å². The standard InChI is InChI=1S/C19H28N4O3S/c1-19(2,3)27(24,25)20-13-14-9-11-16(12-10-14)21-18-23-22-17(26-18)15-7-5-4-6-8-15/h4-8,14,16,20H,9-13H2,1-3H3,(H,21,23)/t14-,16-. The molecule has 0 aliphatic heterocycles. The first-order valence-corrected chi connectivity index (χ1v) is 10.9. The summed E-state index contributed by atoms with van der Waals surface area (Å²) in [7, 11) is -3.28. The molecule has 1 aromatic carbocycles. The topological polar surface area (TPSA) is 97.1 Å². The molecule has 1 aliphatic carbocycles. The van der Waals surface area contributed by atoms with E-state index in [1.165, 1.54) is 0 Å². The molecule has 1 aromatic heterocycles. The maximum Gasteiger partial charge on any atom is 0.315 e. The van der Waals surface area contributed by atoms with E-state index in [-0.39, 0.29) is 6.04 Å². The fourth-order valence-corrected chi connectivity index (χ4v) is 4.00. The van der Waals surface area contributed by atoms with E-state index in [0.717, 1.165) is 31.2 Å². The lowest BCUT2D eigenvalue weighted by molar-refractivity contribution is 0.333. The fourth-order valence-electron chi connectivity index (χ4n) is 3.11. The van der Waals surface area contributed by atoms with Crippen molar-refractivity contribution in [1.82, 2.24) is 14.9 Å². The van der Waals surface area contributed by atoms with E-state index in [1.54, 1.807) is 20.8 Å². The van der Waals surface area contributed by atoms with Crippen LogP contribution in [-0.4, -0.2) is 35.9 Å². The fraction of sp³-hybridized carbons (Fsp3) is 0.579. The number of sulfonamides is 1. The van der Waals surface area contributed by atoms with Gasteiger partial charge in [0.25, 0.3) is 0 Å². The van der Waals surface area contributed by atoms with Gasteiger partial charge < -0.3 is 9.73 Å². The Bertz CT molecular complexity index is 835. The smallest absolute Gasteiger partial charge is 0.315 e. The van der Waals surface area contributed by atoms with Crippen molar-refractivity contribution in [2.24, 2.45) is 5.92 Å². The van der Waals surface area contributed by atoms with E-state index in [9.17, 15) is 8.42 Å². The van der Waals surface area contributed by atoms with Crippen molar-refractivity contribution in [1.29, 1.82) is 0 Å². The molecule has 0 amide bonds. The van der Waals surface area contributed by atoms with Crippen molar-refractivity contribution in [3.63, 3.8) is 0 Å². The molecule has 0 bridgehead atoms. The van der Waals surface area contributed by atoms with Crippen LogP contribution in [0.4, 0.5) is 6.01 Å². The highest BCUT2D eigenvalue weighted by Gasteiger charge is 2.30. The number of rotatable bonds is 6. The second kappa shape index (κ2) is 7.98. The first-order valence-electron chi connectivity index (χ1n) is 9.39. The second-order valence-corrected chi connectivity index (χ2v) is 10.6. The van der Waals surface area contributed by atoms with Gasteiger partial charge in [0, 0.05) is 18.2 Å². The number of nitrogens with one attached hydrogen (secondary N) is 2. The average molecular weight is 393 g/mol. The van der Waals surface area contributed by atoms with Crippen LogP contribution in [0.5, 0.6) is 0 Å². The summed E-state index contributed by atoms with van der Waals surface area (Å²) in [5.74, 6) is 0.867. The summed E-state index contributed by atoms with van der Waals surface area (Å²) < 4.78 is 32.0. The quantitative estimate of drug-likeness (QED) is 0.782. The molecular formula is C19H28N4O3S. The Morgan fingerprint density at radius 1 is 1.07 bits per heavy atom. The van der Waals surface area contributed by atoms with Crippen LogP contribution in [-0.2, 0) is 10.0 Å². The zero-order chi connectivity index (χ0) is 19.5. The zero-order valence-electron chi connectivity index (χ0n) is 16.1. The Hall–Kier alpha value is -1.93. The second-order valence-electron chi connectivity index (χ2n) is 8.10. The number of nitrogens with zero attached hydrogens (tertiary/aromatic N) is 2. The minimum atomic E-state index is -3.28. The molecule has 1 fully saturated rings. The van der Waals surface area contributed by atoms with Crippen molar-refractivity contribution in [2.45, 2.75) is 57.2 Å². The van der Waals surface area contributed by atoms with Gasteiger partial charge in [-0.25, -0.2) is 13.1 Å². The van der Waals surface area contributed by atoms with Gasteiger partial charge in [-0.3, -0.25) is 0 Å². The van der Waals surface area contributed by atoms with Crippen molar-refractivity contribution in [3.05, 3.63) is 30.3 Å². The molecule has 148 valence electrons. The number of hydrogen-bond acceptors (Lipinski definition) is 6. The molecule has 2 aromatic rings. The molecule has 2 N–H and O–H groups in total. The highest BCUT2D eigenvalue weighted by molar-refractivity contribution is 7.90. The average Bonchev–Trinajstić information content (AvgIpc) is 3.09. The number of aromatic nitrogens is 2. The molecular weight excluding hydrogens is 364 g/mol. The molecule has 1 saturated carbocycles. The van der Waals surface area contributed by atoms with Crippen molar-refractivity contribution in [3.8, 4) is 11.5 Å². The molecule has 7 nitrogen and oxygen atoms in total. The van der Waals surface area contributed by atoms with Crippen LogP contribution in [0.15, 0.2) is 34.7 Å². The van der Waals surface area contributed by atoms with Crippen LogP contribution in [0.25, 0.3) is 11.5 Å². The predicted molar refractivity (Wildman–Crippen MR) is 106 cm³/mol. The van der Waals surface area contributed by atoms with Gasteiger partial charge in [0.1, 0.15) is 0 Å². The Balaban J connectivity index is 1.47. The normalized spacial score (nSPS) is 21.1. The summed E-state index contributed by atoms with van der Waals surface area (Å²) in [5, 5.41) is 11.5. The monoisotopic (exact) mass is 392 g/mol. The van der Waals surface area contributed by atoms with Gasteiger partial charge >= 0.3 is 6.01 Å². The van der Waals surface area contributed by atoms with E-state index < -0.39 is 14.8 Å². The maximum absolute atomic E-state index is 12.2. The highest BCUT2D eigenvalue weighted by Crippen LogP contribution is 2.27. The van der Waals surface area contributed by atoms with E-state index in [2.05, 4.69) is 20.2 Å². The summed E-state index contributed by atoms with van der Waals surface area (Å²) in [6, 6.07) is 10.4. The molecule has 8 heteroatoms. The lowest BCUT2D eigenvalue weighted by Gasteiger charge is -2.29. The summed E-state index contributed by atoms with van der Waals surface area (Å²) in [6.45, 7) is 5.64. The van der Waals surface area contributed by atoms with Gasteiger partial charge in [-0.15, -0.1) is 5.10 Å². The van der Waals surface area contributed by atoms with E-state index >= 15 is 0 Å². The third kappa shape index (κ3) is 5.07. The minimum absolute atomic E-state index is 0.268. The van der Waals surface area contributed by atoms with Crippen LogP contribution < -0.4 is 10.0 Å². The lowest BCUT2D eigenvalue weighted by atomic mass is 9.86. The van der Waals surface area contributed by atoms with Gasteiger partial charge in [-0.05, 0) is 64.5 Å². The first-order chi connectivity index (χ1) is 12.7. The van der Waals surface area contributed by atoms with E-state index in [1.807, 2.05) is 30.3 Å². The van der Waals surface area contributed by atoms with Gasteiger partial charge in [0.15, 0.2) is 0 Å². The molecule has 1 aliphatic rings. The van der Waals surface area contributed by atoms with Crippen LogP contribution in [0.3, 0.4) is 0 Å². The number of hydrogen-bond donors (Lipinski definition) is 2. The molecule has 3 rings (SSSR count). The molecule has 0 unspecified atom stereocenters. The third-order valence-electron chi connectivity index (χ3n) is 4.99. The van der Waals surface area contributed by atoms with Gasteiger partial charge in [0.2, 0.25) is 15.9 Å². The summed E-state index contributed by atoms with van der Waals surface area (Å²) >= 11 is 0. The van der Waals surface area contributed by atoms with E-state index in [0.29, 0.717) is 24.4 Å². The molecule has 0 spiro atoms. The largest absolute Gasteiger partial charge is 0.403 e. The molecule has 1 heterocycles. The number of anilines is 1. The van der Waals surface area contributed by atoms with Gasteiger partial charge in [0.05, 0.1) is 4.75 Å². The maximum atomic E-state index is 12.2. The zero-order valence-corrected chi connectivity index (χ0v) is 16.9. The Morgan fingerprint density at radius 3 is 2.37 bits per heavy atom. The third-order valence-corrected chi connectivity index (χ3v) is 7.15. The predicted octanol–water partition coefficient (Wildman–Crippen LogP) is 3.43. The summed E-state index contributed by atoms with van der Waals surface area (Å²) in [5.41, 5.74) is 0.896. The summed E-state index contributed by atoms with van der Waals surface area (Å²) in [6.07, 6.45) is 3.82. The van der Waals surface area contributed by atoms with Crippen LogP contribution in [0, 0.1) is 5.92 Å². The molecule has 0 radical (unpaired) electrons. The van der Waals surface area contributed by atoms with Crippen LogP contribution in [0.2, 0.25) is 0 Å². The highest BCUT2D eigenvalue weighted by atomic mass is 32.2. The summed E-state index contributed by atoms with van der Waals surface area (Å²) in [4.78, 5) is 0. The van der Waals surface area contributed by atoms with E-state index in [4.69, 9.17) is 4.42 Å². The van der Waals surface area contributed by atoms with Crippen LogP contribution >= 0.6 is 0 Å². The van der Waals surface area contributed by atoms with Crippen molar-refractivity contribution < 1.29 is 12.8 Å². The molecule has 0 saturated heterocycles. The minimum Gasteiger partial charge on any atom is -0.403 e. The van der Waals surface area contributed by atoms with Gasteiger partial charge in [-0.2, -0.15) is 0 Å². The molecule has 0 atom stereocenters. The first kappa shape index (κ1) is 19.8. The SMILES string of the molecule is CC(C)(C)S(=O)(=O)NC[C@H]1CC[C@H](Nc2nnc(-c3ccccc3)o2)CC1.